The smallest absolute Gasteiger partial charge is 0.134 e. The van der Waals surface area contributed by atoms with Gasteiger partial charge in [0.1, 0.15) is 8.80 Å². The van der Waals surface area contributed by atoms with Crippen LogP contribution in [0.25, 0.3) is 0 Å². The number of hydrogen-bond acceptors (Lipinski definition) is 0. The largest absolute Gasteiger partial charge is 0.310 e. The summed E-state index contributed by atoms with van der Waals surface area (Å²) in [7, 11) is -0.970. The molecule has 0 amide bonds. The van der Waals surface area contributed by atoms with Crippen LogP contribution in [0.1, 0.15) is 0 Å². The summed E-state index contributed by atoms with van der Waals surface area (Å²) in [4.78, 5) is 0. The van der Waals surface area contributed by atoms with Crippen molar-refractivity contribution < 1.29 is 0 Å². The Morgan fingerprint density at radius 3 is 1.62 bits per heavy atom. The minimum Gasteiger partial charge on any atom is -0.134 e. The van der Waals surface area contributed by atoms with Gasteiger partial charge in [-0.25, -0.2) is 0 Å². The van der Waals surface area contributed by atoms with Gasteiger partial charge >= 0.3 is 6.69 Å². The normalized spacial score (nSPS) is 11.7. The first-order chi connectivity index (χ1) is 11.6. The average Bonchev–Trinajstić information content (AvgIpc) is 2.64. The standard InChI is InChI=1S/C19H16Cl3Si2/c20-15-23(16-7-3-1-4-8-16)17-11-13-19(14-12-17)24(21,22)18-9-5-2-6-10-18/h1-14H,15H2. The van der Waals surface area contributed by atoms with Gasteiger partial charge in [0.2, 0.25) is 0 Å². The van der Waals surface area contributed by atoms with Crippen molar-refractivity contribution in [2.24, 2.45) is 0 Å². The fourth-order valence-electron chi connectivity index (χ4n) is 2.66. The van der Waals surface area contributed by atoms with Crippen LogP contribution >= 0.6 is 33.8 Å². The van der Waals surface area contributed by atoms with Crippen molar-refractivity contribution in [1.82, 2.24) is 0 Å². The molecule has 0 saturated heterocycles. The van der Waals surface area contributed by atoms with Crippen LogP contribution in [-0.2, 0) is 0 Å². The molecule has 0 aromatic heterocycles. The Kier molecular flexibility index (Phi) is 5.85. The quantitative estimate of drug-likeness (QED) is 0.347. The molecule has 0 unspecified atom stereocenters. The lowest BCUT2D eigenvalue weighted by molar-refractivity contribution is 1.72. The Hall–Kier alpha value is -1.04. The van der Waals surface area contributed by atoms with E-state index in [2.05, 4.69) is 48.5 Å². The molecule has 24 heavy (non-hydrogen) atoms. The van der Waals surface area contributed by atoms with Gasteiger partial charge in [-0.2, -0.15) is 0 Å². The van der Waals surface area contributed by atoms with E-state index in [-0.39, 0.29) is 0 Å². The lowest BCUT2D eigenvalue weighted by Gasteiger charge is -2.19. The first-order valence-electron chi connectivity index (χ1n) is 7.64. The van der Waals surface area contributed by atoms with E-state index in [4.69, 9.17) is 33.8 Å². The van der Waals surface area contributed by atoms with Crippen LogP contribution in [0.4, 0.5) is 0 Å². The zero-order valence-corrected chi connectivity index (χ0v) is 17.2. The molecular formula is C19H16Cl3Si2. The van der Waals surface area contributed by atoms with Crippen molar-refractivity contribution in [2.75, 3.05) is 5.50 Å². The third-order valence-electron chi connectivity index (χ3n) is 3.99. The summed E-state index contributed by atoms with van der Waals surface area (Å²) in [6.45, 7) is -2.68. The fraction of sp³-hybridized carbons (Fsp3) is 0.0526. The molecule has 0 nitrogen and oxygen atoms in total. The van der Waals surface area contributed by atoms with E-state index in [1.807, 2.05) is 36.4 Å². The van der Waals surface area contributed by atoms with E-state index in [0.29, 0.717) is 5.50 Å². The van der Waals surface area contributed by atoms with E-state index < -0.39 is 15.5 Å². The molecule has 3 rings (SSSR count). The highest BCUT2D eigenvalue weighted by Gasteiger charge is 2.33. The first kappa shape index (κ1) is 17.8. The van der Waals surface area contributed by atoms with E-state index in [1.165, 1.54) is 10.4 Å². The highest BCUT2D eigenvalue weighted by atomic mass is 35.7. The van der Waals surface area contributed by atoms with E-state index >= 15 is 0 Å². The predicted octanol–water partition coefficient (Wildman–Crippen LogP) is 3.11. The Labute approximate surface area is 160 Å². The second kappa shape index (κ2) is 7.90. The SMILES string of the molecule is ClC[Si](c1ccccc1)c1ccc([Si](Cl)(Cl)c2ccccc2)cc1. The molecular weight excluding hydrogens is 391 g/mol. The van der Waals surface area contributed by atoms with Gasteiger partial charge in [-0.05, 0) is 10.4 Å². The van der Waals surface area contributed by atoms with Gasteiger partial charge in [0.05, 0.1) is 0 Å². The average molecular weight is 407 g/mol. The second-order valence-electron chi connectivity index (χ2n) is 5.50. The van der Waals surface area contributed by atoms with Gasteiger partial charge in [0.25, 0.3) is 0 Å². The van der Waals surface area contributed by atoms with Crippen molar-refractivity contribution in [3.63, 3.8) is 0 Å². The Bertz CT molecular complexity index is 775. The van der Waals surface area contributed by atoms with Crippen LogP contribution in [0.2, 0.25) is 0 Å². The third kappa shape index (κ3) is 3.79. The maximum atomic E-state index is 6.76. The number of benzene rings is 3. The Morgan fingerprint density at radius 1 is 0.625 bits per heavy atom. The summed E-state index contributed by atoms with van der Waals surface area (Å²) in [5, 5.41) is 4.60. The molecule has 0 bridgehead atoms. The first-order valence-corrected chi connectivity index (χ1v) is 13.9. The molecule has 0 fully saturated rings. The van der Waals surface area contributed by atoms with Crippen LogP contribution in [0.3, 0.4) is 0 Å². The molecule has 0 spiro atoms. The number of rotatable bonds is 5. The van der Waals surface area contributed by atoms with Crippen molar-refractivity contribution in [3.8, 4) is 0 Å². The van der Waals surface area contributed by atoms with Crippen LogP contribution in [0, 0.1) is 0 Å². The molecule has 0 N–H and O–H groups in total. The summed E-state index contributed by atoms with van der Waals surface area (Å²) in [6.07, 6.45) is 0. The van der Waals surface area contributed by atoms with Crippen LogP contribution in [0.15, 0.2) is 84.9 Å². The topological polar surface area (TPSA) is 0 Å². The molecule has 1 radical (unpaired) electrons. The molecule has 0 saturated carbocycles. The van der Waals surface area contributed by atoms with Crippen molar-refractivity contribution in [2.45, 2.75) is 0 Å². The van der Waals surface area contributed by atoms with Gasteiger partial charge in [0, 0.05) is 5.50 Å². The fourth-order valence-corrected chi connectivity index (χ4v) is 8.43. The second-order valence-corrected chi connectivity index (χ2v) is 15.0. The monoisotopic (exact) mass is 405 g/mol. The third-order valence-corrected chi connectivity index (χ3v) is 11.9. The minimum atomic E-state index is -2.68. The molecule has 3 aromatic rings. The summed E-state index contributed by atoms with van der Waals surface area (Å²) in [5.74, 6) is 0. The summed E-state index contributed by atoms with van der Waals surface area (Å²) < 4.78 is 0. The van der Waals surface area contributed by atoms with Gasteiger partial charge in [0.15, 0.2) is 0 Å². The molecule has 0 aliphatic heterocycles. The number of alkyl halides is 1. The zero-order chi connectivity index (χ0) is 17.0. The zero-order valence-electron chi connectivity index (χ0n) is 12.9. The molecule has 121 valence electrons. The van der Waals surface area contributed by atoms with Crippen LogP contribution < -0.4 is 20.7 Å². The number of hydrogen-bond donors (Lipinski definition) is 0. The van der Waals surface area contributed by atoms with E-state index in [0.717, 1.165) is 10.4 Å². The van der Waals surface area contributed by atoms with E-state index in [9.17, 15) is 0 Å². The lowest BCUT2D eigenvalue weighted by atomic mass is 10.3. The predicted molar refractivity (Wildman–Crippen MR) is 112 cm³/mol. The van der Waals surface area contributed by atoms with Crippen molar-refractivity contribution in [3.05, 3.63) is 84.9 Å². The molecule has 0 heterocycles. The molecule has 3 aromatic carbocycles. The van der Waals surface area contributed by atoms with Gasteiger partial charge in [-0.1, -0.05) is 95.3 Å². The van der Waals surface area contributed by atoms with E-state index in [1.54, 1.807) is 0 Å². The number of halogens is 3. The highest BCUT2D eigenvalue weighted by Crippen LogP contribution is 2.14. The Morgan fingerprint density at radius 2 is 1.08 bits per heavy atom. The summed E-state index contributed by atoms with van der Waals surface area (Å²) in [5.41, 5.74) is 0.636. The van der Waals surface area contributed by atoms with Gasteiger partial charge in [-0.3, -0.25) is 0 Å². The molecule has 0 aliphatic carbocycles. The van der Waals surface area contributed by atoms with Gasteiger partial charge in [-0.15, -0.1) is 33.8 Å². The maximum Gasteiger partial charge on any atom is 0.310 e. The van der Waals surface area contributed by atoms with Crippen molar-refractivity contribution >= 4 is 70.0 Å². The lowest BCUT2D eigenvalue weighted by Crippen LogP contribution is -2.50. The van der Waals surface area contributed by atoms with Gasteiger partial charge < -0.3 is 0 Å². The minimum absolute atomic E-state index is 0.636. The molecule has 0 atom stereocenters. The molecule has 5 heteroatoms. The maximum absolute atomic E-state index is 6.76. The van der Waals surface area contributed by atoms with Crippen LogP contribution in [0.5, 0.6) is 0 Å². The summed E-state index contributed by atoms with van der Waals surface area (Å²) in [6, 6.07) is 28.8. The molecule has 0 aliphatic rings. The highest BCUT2D eigenvalue weighted by molar-refractivity contribution is 7.56. The van der Waals surface area contributed by atoms with Crippen LogP contribution in [-0.4, -0.2) is 21.0 Å². The van der Waals surface area contributed by atoms with Crippen molar-refractivity contribution in [1.29, 1.82) is 0 Å². The summed E-state index contributed by atoms with van der Waals surface area (Å²) >= 11 is 19.8. The Balaban J connectivity index is 1.90.